The SMILES string of the molecule is CCCC(CCC)Nc1ccc(-c2cc(=O)[nH][nH]2)cc1. The number of benzene rings is 1. The van der Waals surface area contributed by atoms with Gasteiger partial charge in [-0.15, -0.1) is 0 Å². The van der Waals surface area contributed by atoms with Gasteiger partial charge < -0.3 is 5.32 Å². The van der Waals surface area contributed by atoms with Crippen molar-refractivity contribution in [3.63, 3.8) is 0 Å². The molecule has 0 aliphatic carbocycles. The molecule has 20 heavy (non-hydrogen) atoms. The summed E-state index contributed by atoms with van der Waals surface area (Å²) in [6.07, 6.45) is 4.78. The number of hydrogen-bond donors (Lipinski definition) is 3. The first-order chi connectivity index (χ1) is 9.72. The quantitative estimate of drug-likeness (QED) is 0.719. The zero-order valence-electron chi connectivity index (χ0n) is 12.2. The number of hydrogen-bond acceptors (Lipinski definition) is 2. The Morgan fingerprint density at radius 3 is 2.20 bits per heavy atom. The monoisotopic (exact) mass is 273 g/mol. The van der Waals surface area contributed by atoms with Crippen LogP contribution in [-0.4, -0.2) is 16.2 Å². The Kier molecular flexibility index (Phi) is 5.04. The van der Waals surface area contributed by atoms with Gasteiger partial charge in [-0.2, -0.15) is 0 Å². The molecule has 3 N–H and O–H groups in total. The van der Waals surface area contributed by atoms with Crippen LogP contribution in [0.4, 0.5) is 5.69 Å². The fraction of sp³-hybridized carbons (Fsp3) is 0.438. The molecular weight excluding hydrogens is 250 g/mol. The van der Waals surface area contributed by atoms with E-state index in [2.05, 4.69) is 41.5 Å². The van der Waals surface area contributed by atoms with E-state index in [1.54, 1.807) is 6.07 Å². The number of aromatic amines is 2. The molecule has 0 amide bonds. The highest BCUT2D eigenvalue weighted by molar-refractivity contribution is 5.62. The van der Waals surface area contributed by atoms with Crippen LogP contribution >= 0.6 is 0 Å². The predicted molar refractivity (Wildman–Crippen MR) is 84.1 cm³/mol. The summed E-state index contributed by atoms with van der Waals surface area (Å²) < 4.78 is 0. The summed E-state index contributed by atoms with van der Waals surface area (Å²) in [5.74, 6) is 0. The highest BCUT2D eigenvalue weighted by Crippen LogP contribution is 2.20. The zero-order valence-corrected chi connectivity index (χ0v) is 12.2. The molecule has 0 atom stereocenters. The van der Waals surface area contributed by atoms with Crippen LogP contribution in [0.2, 0.25) is 0 Å². The minimum atomic E-state index is -0.104. The van der Waals surface area contributed by atoms with Gasteiger partial charge >= 0.3 is 0 Å². The van der Waals surface area contributed by atoms with E-state index in [4.69, 9.17) is 0 Å². The van der Waals surface area contributed by atoms with Crippen molar-refractivity contribution in [3.05, 3.63) is 40.7 Å². The fourth-order valence-corrected chi connectivity index (χ4v) is 2.46. The molecule has 0 radical (unpaired) electrons. The number of nitrogens with one attached hydrogen (secondary N) is 3. The molecule has 0 aliphatic rings. The normalized spacial score (nSPS) is 10.9. The largest absolute Gasteiger partial charge is 0.382 e. The van der Waals surface area contributed by atoms with Crippen LogP contribution in [0.5, 0.6) is 0 Å². The highest BCUT2D eigenvalue weighted by atomic mass is 16.1. The second kappa shape index (κ2) is 6.98. The molecule has 2 aromatic rings. The van der Waals surface area contributed by atoms with Crippen molar-refractivity contribution in [2.24, 2.45) is 0 Å². The third kappa shape index (κ3) is 3.76. The maximum atomic E-state index is 11.1. The van der Waals surface area contributed by atoms with Crippen LogP contribution in [0.1, 0.15) is 39.5 Å². The molecule has 108 valence electrons. The van der Waals surface area contributed by atoms with Crippen molar-refractivity contribution in [1.82, 2.24) is 10.2 Å². The molecule has 0 unspecified atom stereocenters. The third-order valence-electron chi connectivity index (χ3n) is 3.44. The van der Waals surface area contributed by atoms with Gasteiger partial charge in [-0.05, 0) is 30.5 Å². The Balaban J connectivity index is 2.05. The lowest BCUT2D eigenvalue weighted by Crippen LogP contribution is -2.18. The number of H-pyrrole nitrogens is 2. The van der Waals surface area contributed by atoms with Gasteiger partial charge in [0.1, 0.15) is 0 Å². The summed E-state index contributed by atoms with van der Waals surface area (Å²) in [6.45, 7) is 4.44. The van der Waals surface area contributed by atoms with Gasteiger partial charge in [-0.25, -0.2) is 0 Å². The van der Waals surface area contributed by atoms with Crippen LogP contribution in [0, 0.1) is 0 Å². The van der Waals surface area contributed by atoms with Gasteiger partial charge in [0, 0.05) is 17.8 Å². The summed E-state index contributed by atoms with van der Waals surface area (Å²) in [7, 11) is 0. The molecule has 0 aliphatic heterocycles. The molecule has 2 rings (SSSR count). The van der Waals surface area contributed by atoms with Gasteiger partial charge in [0.05, 0.1) is 5.69 Å². The van der Waals surface area contributed by atoms with E-state index in [0.717, 1.165) is 16.9 Å². The Hall–Kier alpha value is -1.97. The maximum Gasteiger partial charge on any atom is 0.264 e. The van der Waals surface area contributed by atoms with Crippen LogP contribution in [0.3, 0.4) is 0 Å². The Morgan fingerprint density at radius 1 is 1.05 bits per heavy atom. The Morgan fingerprint density at radius 2 is 1.70 bits per heavy atom. The lowest BCUT2D eigenvalue weighted by molar-refractivity contribution is 0.586. The molecule has 0 bridgehead atoms. The highest BCUT2D eigenvalue weighted by Gasteiger charge is 2.06. The van der Waals surface area contributed by atoms with E-state index in [1.165, 1.54) is 25.7 Å². The number of anilines is 1. The van der Waals surface area contributed by atoms with E-state index >= 15 is 0 Å². The summed E-state index contributed by atoms with van der Waals surface area (Å²) in [5, 5.41) is 9.00. The van der Waals surface area contributed by atoms with Crippen molar-refractivity contribution in [3.8, 4) is 11.3 Å². The van der Waals surface area contributed by atoms with E-state index in [9.17, 15) is 4.79 Å². The molecule has 0 saturated carbocycles. The third-order valence-corrected chi connectivity index (χ3v) is 3.44. The molecular formula is C16H23N3O. The summed E-state index contributed by atoms with van der Waals surface area (Å²) in [6, 6.07) is 10.3. The van der Waals surface area contributed by atoms with Crippen LogP contribution in [0.15, 0.2) is 35.1 Å². The first-order valence-corrected chi connectivity index (χ1v) is 7.37. The molecule has 1 heterocycles. The smallest absolute Gasteiger partial charge is 0.264 e. The summed E-state index contributed by atoms with van der Waals surface area (Å²) >= 11 is 0. The molecule has 4 nitrogen and oxygen atoms in total. The van der Waals surface area contributed by atoms with E-state index in [1.807, 2.05) is 12.1 Å². The standard InChI is InChI=1S/C16H23N3O/c1-3-5-13(6-4-2)17-14-9-7-12(8-10-14)15-11-16(20)19-18-15/h7-11,13,17H,3-6H2,1-2H3,(H2,18,19,20). The summed E-state index contributed by atoms with van der Waals surface area (Å²) in [5.41, 5.74) is 2.86. The van der Waals surface area contributed by atoms with Gasteiger partial charge in [0.15, 0.2) is 0 Å². The topological polar surface area (TPSA) is 60.7 Å². The van der Waals surface area contributed by atoms with Gasteiger partial charge in [-0.1, -0.05) is 38.8 Å². The van der Waals surface area contributed by atoms with Crippen molar-refractivity contribution in [2.45, 2.75) is 45.6 Å². The van der Waals surface area contributed by atoms with Gasteiger partial charge in [-0.3, -0.25) is 15.0 Å². The van der Waals surface area contributed by atoms with E-state index in [0.29, 0.717) is 6.04 Å². The number of rotatable bonds is 7. The minimum Gasteiger partial charge on any atom is -0.382 e. The zero-order chi connectivity index (χ0) is 14.4. The molecule has 0 spiro atoms. The molecule has 4 heteroatoms. The van der Waals surface area contributed by atoms with Crippen LogP contribution in [-0.2, 0) is 0 Å². The van der Waals surface area contributed by atoms with Crippen molar-refractivity contribution >= 4 is 5.69 Å². The second-order valence-corrected chi connectivity index (χ2v) is 5.17. The molecule has 1 aromatic carbocycles. The fourth-order valence-electron chi connectivity index (χ4n) is 2.46. The average Bonchev–Trinajstić information content (AvgIpc) is 2.87. The van der Waals surface area contributed by atoms with Gasteiger partial charge in [0.2, 0.25) is 0 Å². The lowest BCUT2D eigenvalue weighted by atomic mass is 10.1. The molecule has 0 saturated heterocycles. The first-order valence-electron chi connectivity index (χ1n) is 7.37. The Labute approximate surface area is 119 Å². The Bertz CT molecular complexity index is 562. The lowest BCUT2D eigenvalue weighted by Gasteiger charge is -2.18. The first kappa shape index (κ1) is 14.4. The maximum absolute atomic E-state index is 11.1. The molecule has 1 aromatic heterocycles. The average molecular weight is 273 g/mol. The minimum absolute atomic E-state index is 0.104. The molecule has 0 fully saturated rings. The van der Waals surface area contributed by atoms with E-state index in [-0.39, 0.29) is 5.56 Å². The predicted octanol–water partition coefficient (Wildman–Crippen LogP) is 3.75. The second-order valence-electron chi connectivity index (χ2n) is 5.17. The van der Waals surface area contributed by atoms with Gasteiger partial charge in [0.25, 0.3) is 5.56 Å². The summed E-state index contributed by atoms with van der Waals surface area (Å²) in [4.78, 5) is 11.1. The van der Waals surface area contributed by atoms with Crippen molar-refractivity contribution < 1.29 is 0 Å². The van der Waals surface area contributed by atoms with Crippen LogP contribution in [0.25, 0.3) is 11.3 Å². The van der Waals surface area contributed by atoms with Crippen LogP contribution < -0.4 is 10.9 Å². The van der Waals surface area contributed by atoms with Crippen molar-refractivity contribution in [2.75, 3.05) is 5.32 Å². The van der Waals surface area contributed by atoms with Crippen molar-refractivity contribution in [1.29, 1.82) is 0 Å². The van der Waals surface area contributed by atoms with E-state index < -0.39 is 0 Å². The number of aromatic nitrogens is 2.